The van der Waals surface area contributed by atoms with Gasteiger partial charge in [0.25, 0.3) is 0 Å². The first kappa shape index (κ1) is 14.6. The fourth-order valence-corrected chi connectivity index (χ4v) is 3.13. The second-order valence-electron chi connectivity index (χ2n) is 6.05. The van der Waals surface area contributed by atoms with Gasteiger partial charge >= 0.3 is 0 Å². The fraction of sp³-hybridized carbons (Fsp3) is 0.211. The first-order valence-electron chi connectivity index (χ1n) is 8.07. The molecule has 3 aromatic rings. The van der Waals surface area contributed by atoms with E-state index in [0.717, 1.165) is 34.4 Å². The lowest BCUT2D eigenvalue weighted by Crippen LogP contribution is -2.33. The molecule has 120 valence electrons. The summed E-state index contributed by atoms with van der Waals surface area (Å²) < 4.78 is 0. The Balaban J connectivity index is 1.61. The van der Waals surface area contributed by atoms with Gasteiger partial charge in [0.1, 0.15) is 18.2 Å². The summed E-state index contributed by atoms with van der Waals surface area (Å²) in [5.74, 6) is 0.803. The summed E-state index contributed by atoms with van der Waals surface area (Å²) in [4.78, 5) is 23.2. The van der Waals surface area contributed by atoms with Crippen LogP contribution in [-0.2, 0) is 4.79 Å². The molecule has 0 spiro atoms. The number of benzene rings is 2. The number of fused-ring (bicyclic) bond motifs is 1. The molecule has 1 N–H and O–H groups in total. The SMILES string of the molecule is Cc1ccc2ncnc(NC3CCN(c4ccccc4)C3=O)c2c1. The van der Waals surface area contributed by atoms with Gasteiger partial charge in [-0.15, -0.1) is 0 Å². The van der Waals surface area contributed by atoms with Crippen molar-refractivity contribution in [2.75, 3.05) is 16.8 Å². The summed E-state index contributed by atoms with van der Waals surface area (Å²) in [5, 5.41) is 4.27. The maximum atomic E-state index is 12.7. The number of nitrogens with one attached hydrogen (secondary N) is 1. The van der Waals surface area contributed by atoms with Crippen LogP contribution >= 0.6 is 0 Å². The number of rotatable bonds is 3. The summed E-state index contributed by atoms with van der Waals surface area (Å²) in [6.45, 7) is 2.75. The maximum absolute atomic E-state index is 12.7. The minimum atomic E-state index is -0.260. The van der Waals surface area contributed by atoms with Crippen LogP contribution in [0.3, 0.4) is 0 Å². The molecule has 1 amide bonds. The van der Waals surface area contributed by atoms with Gasteiger partial charge in [-0.05, 0) is 37.6 Å². The Kier molecular flexibility index (Phi) is 3.61. The summed E-state index contributed by atoms with van der Waals surface area (Å²) in [5.41, 5.74) is 2.96. The summed E-state index contributed by atoms with van der Waals surface area (Å²) >= 11 is 0. The second kappa shape index (κ2) is 5.92. The van der Waals surface area contributed by atoms with Crippen LogP contribution in [0.2, 0.25) is 0 Å². The Labute approximate surface area is 140 Å². The van der Waals surface area contributed by atoms with Gasteiger partial charge in [0.05, 0.1) is 5.52 Å². The molecular formula is C19H18N4O. The highest BCUT2D eigenvalue weighted by Crippen LogP contribution is 2.26. The van der Waals surface area contributed by atoms with Gasteiger partial charge in [-0.1, -0.05) is 29.8 Å². The van der Waals surface area contributed by atoms with Crippen LogP contribution in [0.1, 0.15) is 12.0 Å². The zero-order chi connectivity index (χ0) is 16.5. The van der Waals surface area contributed by atoms with E-state index in [1.807, 2.05) is 60.4 Å². The van der Waals surface area contributed by atoms with E-state index in [1.165, 1.54) is 6.33 Å². The third kappa shape index (κ3) is 2.58. The van der Waals surface area contributed by atoms with Crippen molar-refractivity contribution < 1.29 is 4.79 Å². The van der Waals surface area contributed by atoms with Crippen LogP contribution in [0.25, 0.3) is 10.9 Å². The van der Waals surface area contributed by atoms with Crippen molar-refractivity contribution in [2.45, 2.75) is 19.4 Å². The Bertz CT molecular complexity index is 894. The third-order valence-corrected chi connectivity index (χ3v) is 4.38. The first-order valence-corrected chi connectivity index (χ1v) is 8.07. The van der Waals surface area contributed by atoms with Crippen molar-refractivity contribution in [3.63, 3.8) is 0 Å². The number of hydrogen-bond acceptors (Lipinski definition) is 4. The number of aromatic nitrogens is 2. The quantitative estimate of drug-likeness (QED) is 0.806. The number of carbonyl (C=O) groups excluding carboxylic acids is 1. The Morgan fingerprint density at radius 2 is 1.96 bits per heavy atom. The van der Waals surface area contributed by atoms with Gasteiger partial charge in [-0.25, -0.2) is 9.97 Å². The number of para-hydroxylation sites is 1. The molecule has 1 aliphatic heterocycles. The van der Waals surface area contributed by atoms with Crippen molar-refractivity contribution in [3.05, 3.63) is 60.4 Å². The minimum absolute atomic E-state index is 0.0839. The monoisotopic (exact) mass is 318 g/mol. The van der Waals surface area contributed by atoms with Gasteiger partial charge in [0.15, 0.2) is 0 Å². The van der Waals surface area contributed by atoms with E-state index in [9.17, 15) is 4.79 Å². The molecule has 2 aromatic carbocycles. The molecule has 1 fully saturated rings. The van der Waals surface area contributed by atoms with E-state index in [1.54, 1.807) is 0 Å². The van der Waals surface area contributed by atoms with E-state index in [4.69, 9.17) is 0 Å². The van der Waals surface area contributed by atoms with E-state index in [-0.39, 0.29) is 11.9 Å². The number of carbonyl (C=O) groups is 1. The van der Waals surface area contributed by atoms with Crippen molar-refractivity contribution in [1.82, 2.24) is 9.97 Å². The van der Waals surface area contributed by atoms with Gasteiger partial charge in [-0.2, -0.15) is 0 Å². The lowest BCUT2D eigenvalue weighted by atomic mass is 10.1. The van der Waals surface area contributed by atoms with Crippen molar-refractivity contribution in [2.24, 2.45) is 0 Å². The number of aryl methyl sites for hydroxylation is 1. The number of amides is 1. The van der Waals surface area contributed by atoms with E-state index in [2.05, 4.69) is 15.3 Å². The number of hydrogen-bond donors (Lipinski definition) is 1. The van der Waals surface area contributed by atoms with Gasteiger partial charge in [0, 0.05) is 17.6 Å². The molecule has 5 nitrogen and oxygen atoms in total. The highest BCUT2D eigenvalue weighted by atomic mass is 16.2. The summed E-state index contributed by atoms with van der Waals surface area (Å²) in [7, 11) is 0. The highest BCUT2D eigenvalue weighted by Gasteiger charge is 2.32. The largest absolute Gasteiger partial charge is 0.358 e. The van der Waals surface area contributed by atoms with E-state index in [0.29, 0.717) is 6.54 Å². The Hall–Kier alpha value is -2.95. The smallest absolute Gasteiger partial charge is 0.249 e. The van der Waals surface area contributed by atoms with Crippen LogP contribution in [0.15, 0.2) is 54.9 Å². The molecule has 1 atom stereocenters. The van der Waals surface area contributed by atoms with E-state index >= 15 is 0 Å². The molecule has 24 heavy (non-hydrogen) atoms. The molecule has 1 aromatic heterocycles. The minimum Gasteiger partial charge on any atom is -0.358 e. The van der Waals surface area contributed by atoms with Gasteiger partial charge < -0.3 is 10.2 Å². The molecule has 2 heterocycles. The van der Waals surface area contributed by atoms with Gasteiger partial charge in [-0.3, -0.25) is 4.79 Å². The molecule has 4 rings (SSSR count). The predicted molar refractivity (Wildman–Crippen MR) is 95.1 cm³/mol. The van der Waals surface area contributed by atoms with Crippen LogP contribution in [0.5, 0.6) is 0 Å². The van der Waals surface area contributed by atoms with Crippen molar-refractivity contribution >= 4 is 28.3 Å². The van der Waals surface area contributed by atoms with Crippen LogP contribution in [-0.4, -0.2) is 28.5 Å². The lowest BCUT2D eigenvalue weighted by Gasteiger charge is -2.17. The standard InChI is InChI=1S/C19H18N4O/c1-13-7-8-16-15(11-13)18(21-12-20-16)22-17-9-10-23(19(17)24)14-5-3-2-4-6-14/h2-8,11-12,17H,9-10H2,1H3,(H,20,21,22). The lowest BCUT2D eigenvalue weighted by molar-refractivity contribution is -0.117. The average Bonchev–Trinajstić information content (AvgIpc) is 2.97. The second-order valence-corrected chi connectivity index (χ2v) is 6.05. The maximum Gasteiger partial charge on any atom is 0.249 e. The molecule has 5 heteroatoms. The third-order valence-electron chi connectivity index (χ3n) is 4.38. The first-order chi connectivity index (χ1) is 11.7. The number of nitrogens with zero attached hydrogens (tertiary/aromatic N) is 3. The number of anilines is 2. The zero-order valence-electron chi connectivity index (χ0n) is 13.4. The molecular weight excluding hydrogens is 300 g/mol. The normalized spacial score (nSPS) is 17.5. The highest BCUT2D eigenvalue weighted by molar-refractivity contribution is 6.02. The molecule has 1 unspecified atom stereocenters. The molecule has 1 saturated heterocycles. The zero-order valence-corrected chi connectivity index (χ0v) is 13.4. The molecule has 0 radical (unpaired) electrons. The molecule has 0 bridgehead atoms. The summed E-state index contributed by atoms with van der Waals surface area (Å²) in [6.07, 6.45) is 2.29. The molecule has 0 aliphatic carbocycles. The Morgan fingerprint density at radius 3 is 2.79 bits per heavy atom. The van der Waals surface area contributed by atoms with Crippen LogP contribution < -0.4 is 10.2 Å². The molecule has 1 aliphatic rings. The average molecular weight is 318 g/mol. The Morgan fingerprint density at radius 1 is 1.12 bits per heavy atom. The molecule has 0 saturated carbocycles. The topological polar surface area (TPSA) is 58.1 Å². The van der Waals surface area contributed by atoms with Crippen molar-refractivity contribution in [3.8, 4) is 0 Å². The van der Waals surface area contributed by atoms with Crippen molar-refractivity contribution in [1.29, 1.82) is 0 Å². The van der Waals surface area contributed by atoms with E-state index < -0.39 is 0 Å². The predicted octanol–water partition coefficient (Wildman–Crippen LogP) is 3.16. The van der Waals surface area contributed by atoms with Crippen LogP contribution in [0.4, 0.5) is 11.5 Å². The van der Waals surface area contributed by atoms with Gasteiger partial charge in [0.2, 0.25) is 5.91 Å². The summed E-state index contributed by atoms with van der Waals surface area (Å²) in [6, 6.07) is 15.6. The van der Waals surface area contributed by atoms with Crippen LogP contribution in [0, 0.1) is 6.92 Å². The fourth-order valence-electron chi connectivity index (χ4n) is 3.13.